The zero-order valence-electron chi connectivity index (χ0n) is 12.1. The Hall–Kier alpha value is -1.35. The van der Waals surface area contributed by atoms with E-state index in [1.807, 2.05) is 6.92 Å². The number of carbonyl (C=O) groups excluding carboxylic acids is 1. The fourth-order valence-corrected chi connectivity index (χ4v) is 2.82. The summed E-state index contributed by atoms with van der Waals surface area (Å²) >= 11 is 0. The Bertz CT molecular complexity index is 427. The first kappa shape index (κ1) is 14.1. The van der Waals surface area contributed by atoms with Crippen molar-refractivity contribution in [2.24, 2.45) is 5.92 Å². The van der Waals surface area contributed by atoms with E-state index in [-0.39, 0.29) is 17.8 Å². The van der Waals surface area contributed by atoms with Crippen molar-refractivity contribution >= 4 is 5.97 Å². The molecule has 2 atom stereocenters. The van der Waals surface area contributed by atoms with Crippen molar-refractivity contribution in [3.63, 3.8) is 0 Å². The average Bonchev–Trinajstić information content (AvgIpc) is 2.40. The molecule has 0 spiro atoms. The summed E-state index contributed by atoms with van der Waals surface area (Å²) < 4.78 is 5.24. The number of ether oxygens (including phenoxy) is 1. The van der Waals surface area contributed by atoms with Crippen LogP contribution in [0.4, 0.5) is 0 Å². The lowest BCUT2D eigenvalue weighted by Gasteiger charge is -2.35. The Morgan fingerprint density at radius 2 is 2.05 bits per heavy atom. The van der Waals surface area contributed by atoms with Gasteiger partial charge in [-0.1, -0.05) is 29.8 Å². The van der Waals surface area contributed by atoms with E-state index in [1.165, 1.54) is 11.1 Å². The van der Waals surface area contributed by atoms with Crippen LogP contribution >= 0.6 is 0 Å². The average molecular weight is 261 g/mol. The van der Waals surface area contributed by atoms with Crippen LogP contribution in [0.2, 0.25) is 0 Å². The van der Waals surface area contributed by atoms with Gasteiger partial charge < -0.3 is 9.64 Å². The summed E-state index contributed by atoms with van der Waals surface area (Å²) in [5, 5.41) is 0. The van der Waals surface area contributed by atoms with Gasteiger partial charge in [0, 0.05) is 6.54 Å². The first-order chi connectivity index (χ1) is 9.11. The van der Waals surface area contributed by atoms with E-state index in [1.54, 1.807) is 0 Å². The number of hydrogen-bond donors (Lipinski definition) is 0. The van der Waals surface area contributed by atoms with Gasteiger partial charge in [-0.25, -0.2) is 0 Å². The standard InChI is InChI=1S/C16H23NO2/c1-4-19-16(18)15-11-17(3)10-9-14(15)13-7-5-12(2)6-8-13/h5-8,14-15H,4,9-11H2,1-3H3/t14-,15+/m1/s1. The quantitative estimate of drug-likeness (QED) is 0.783. The van der Waals surface area contributed by atoms with Gasteiger partial charge >= 0.3 is 5.97 Å². The van der Waals surface area contributed by atoms with Gasteiger partial charge in [-0.15, -0.1) is 0 Å². The largest absolute Gasteiger partial charge is 0.466 e. The fourth-order valence-electron chi connectivity index (χ4n) is 2.82. The third-order valence-electron chi connectivity index (χ3n) is 3.91. The zero-order valence-corrected chi connectivity index (χ0v) is 12.1. The molecule has 1 saturated heterocycles. The van der Waals surface area contributed by atoms with Crippen molar-refractivity contribution in [1.29, 1.82) is 0 Å². The maximum absolute atomic E-state index is 12.1. The molecule has 0 saturated carbocycles. The second-order valence-corrected chi connectivity index (χ2v) is 5.43. The van der Waals surface area contributed by atoms with Crippen LogP contribution < -0.4 is 0 Å². The van der Waals surface area contributed by atoms with Crippen LogP contribution in [0.15, 0.2) is 24.3 Å². The van der Waals surface area contributed by atoms with Crippen LogP contribution in [0.3, 0.4) is 0 Å². The van der Waals surface area contributed by atoms with Crippen LogP contribution in [0.1, 0.15) is 30.4 Å². The maximum Gasteiger partial charge on any atom is 0.310 e. The summed E-state index contributed by atoms with van der Waals surface area (Å²) in [7, 11) is 2.07. The molecule has 19 heavy (non-hydrogen) atoms. The molecule has 0 aromatic heterocycles. The van der Waals surface area contributed by atoms with Crippen molar-refractivity contribution in [2.75, 3.05) is 26.7 Å². The normalized spacial score (nSPS) is 24.2. The second-order valence-electron chi connectivity index (χ2n) is 5.43. The Labute approximate surface area is 115 Å². The minimum absolute atomic E-state index is 0.0404. The lowest BCUT2D eigenvalue weighted by atomic mass is 9.80. The van der Waals surface area contributed by atoms with Crippen molar-refractivity contribution in [3.8, 4) is 0 Å². The summed E-state index contributed by atoms with van der Waals surface area (Å²) in [5.74, 6) is 0.192. The van der Waals surface area contributed by atoms with E-state index in [9.17, 15) is 4.79 Å². The molecular formula is C16H23NO2. The lowest BCUT2D eigenvalue weighted by molar-refractivity contribution is -0.150. The van der Waals surface area contributed by atoms with Gasteiger partial charge in [-0.3, -0.25) is 4.79 Å². The molecule has 1 aromatic rings. The molecule has 1 aliphatic rings. The second kappa shape index (κ2) is 6.20. The highest BCUT2D eigenvalue weighted by molar-refractivity contribution is 5.74. The van der Waals surface area contributed by atoms with E-state index < -0.39 is 0 Å². The highest BCUT2D eigenvalue weighted by atomic mass is 16.5. The van der Waals surface area contributed by atoms with Crippen LogP contribution in [0.25, 0.3) is 0 Å². The van der Waals surface area contributed by atoms with Gasteiger partial charge in [0.2, 0.25) is 0 Å². The summed E-state index contributed by atoms with van der Waals surface area (Å²) in [6, 6.07) is 8.54. The predicted molar refractivity (Wildman–Crippen MR) is 76.2 cm³/mol. The predicted octanol–water partition coefficient (Wildman–Crippen LogP) is 2.59. The topological polar surface area (TPSA) is 29.5 Å². The number of nitrogens with zero attached hydrogens (tertiary/aromatic N) is 1. The first-order valence-electron chi connectivity index (χ1n) is 7.03. The van der Waals surface area contributed by atoms with Gasteiger partial charge in [-0.05, 0) is 45.3 Å². The van der Waals surface area contributed by atoms with Crippen LogP contribution in [-0.2, 0) is 9.53 Å². The van der Waals surface area contributed by atoms with E-state index >= 15 is 0 Å². The summed E-state index contributed by atoms with van der Waals surface area (Å²) in [6.07, 6.45) is 1.02. The number of aryl methyl sites for hydroxylation is 1. The summed E-state index contributed by atoms with van der Waals surface area (Å²) in [5.41, 5.74) is 2.51. The molecular weight excluding hydrogens is 238 g/mol. The number of rotatable bonds is 3. The third kappa shape index (κ3) is 3.35. The van der Waals surface area contributed by atoms with Crippen LogP contribution in [0.5, 0.6) is 0 Å². The minimum Gasteiger partial charge on any atom is -0.466 e. The van der Waals surface area contributed by atoms with E-state index in [4.69, 9.17) is 4.74 Å². The molecule has 1 heterocycles. The molecule has 1 aromatic carbocycles. The molecule has 1 fully saturated rings. The Morgan fingerprint density at radius 3 is 2.68 bits per heavy atom. The number of benzene rings is 1. The molecule has 0 bridgehead atoms. The van der Waals surface area contributed by atoms with E-state index in [0.717, 1.165) is 19.5 Å². The number of piperidine rings is 1. The SMILES string of the molecule is CCOC(=O)[C@H]1CN(C)CC[C@@H]1c1ccc(C)cc1. The monoisotopic (exact) mass is 261 g/mol. The van der Waals surface area contributed by atoms with Crippen molar-refractivity contribution < 1.29 is 9.53 Å². The number of likely N-dealkylation sites (tertiary alicyclic amines) is 1. The van der Waals surface area contributed by atoms with Crippen LogP contribution in [-0.4, -0.2) is 37.6 Å². The van der Waals surface area contributed by atoms with Gasteiger partial charge in [0.1, 0.15) is 0 Å². The van der Waals surface area contributed by atoms with E-state index in [2.05, 4.69) is 43.1 Å². The number of hydrogen-bond acceptors (Lipinski definition) is 3. The van der Waals surface area contributed by atoms with Gasteiger partial charge in [0.25, 0.3) is 0 Å². The minimum atomic E-state index is -0.0559. The first-order valence-corrected chi connectivity index (χ1v) is 7.03. The zero-order chi connectivity index (χ0) is 13.8. The molecule has 0 aliphatic carbocycles. The fraction of sp³-hybridized carbons (Fsp3) is 0.562. The molecule has 0 unspecified atom stereocenters. The summed E-state index contributed by atoms with van der Waals surface area (Å²) in [4.78, 5) is 14.4. The molecule has 0 N–H and O–H groups in total. The smallest absolute Gasteiger partial charge is 0.310 e. The Kier molecular flexibility index (Phi) is 4.59. The highest BCUT2D eigenvalue weighted by Crippen LogP contribution is 2.33. The third-order valence-corrected chi connectivity index (χ3v) is 3.91. The molecule has 104 valence electrons. The Morgan fingerprint density at radius 1 is 1.37 bits per heavy atom. The van der Waals surface area contributed by atoms with Gasteiger partial charge in [0.05, 0.1) is 12.5 Å². The Balaban J connectivity index is 2.20. The number of carbonyl (C=O) groups is 1. The van der Waals surface area contributed by atoms with Gasteiger partial charge in [0.15, 0.2) is 0 Å². The molecule has 3 nitrogen and oxygen atoms in total. The highest BCUT2D eigenvalue weighted by Gasteiger charge is 2.34. The number of esters is 1. The molecule has 0 amide bonds. The van der Waals surface area contributed by atoms with Crippen molar-refractivity contribution in [2.45, 2.75) is 26.2 Å². The lowest BCUT2D eigenvalue weighted by Crippen LogP contribution is -2.41. The van der Waals surface area contributed by atoms with Crippen molar-refractivity contribution in [1.82, 2.24) is 4.90 Å². The molecule has 0 radical (unpaired) electrons. The van der Waals surface area contributed by atoms with Crippen molar-refractivity contribution in [3.05, 3.63) is 35.4 Å². The van der Waals surface area contributed by atoms with Gasteiger partial charge in [-0.2, -0.15) is 0 Å². The maximum atomic E-state index is 12.1. The molecule has 3 heteroatoms. The molecule has 1 aliphatic heterocycles. The molecule has 2 rings (SSSR count). The summed E-state index contributed by atoms with van der Waals surface area (Å²) in [6.45, 7) is 6.23. The van der Waals surface area contributed by atoms with Crippen LogP contribution in [0, 0.1) is 12.8 Å². The van der Waals surface area contributed by atoms with E-state index in [0.29, 0.717) is 6.61 Å².